The van der Waals surface area contributed by atoms with Gasteiger partial charge in [0.1, 0.15) is 11.2 Å². The lowest BCUT2D eigenvalue weighted by atomic mass is 9.88. The number of furan rings is 1. The molecule has 0 saturated carbocycles. The van der Waals surface area contributed by atoms with Gasteiger partial charge < -0.3 is 4.42 Å². The summed E-state index contributed by atoms with van der Waals surface area (Å²) in [5.74, 6) is 0. The Morgan fingerprint density at radius 1 is 0.462 bits per heavy atom. The van der Waals surface area contributed by atoms with Gasteiger partial charge in [0.15, 0.2) is 0 Å². The van der Waals surface area contributed by atoms with Crippen LogP contribution in [-0.4, -0.2) is 0 Å². The number of para-hydroxylation sites is 1. The molecule has 0 radical (unpaired) electrons. The Kier molecular flexibility index (Phi) is 4.62. The van der Waals surface area contributed by atoms with Gasteiger partial charge in [-0.3, -0.25) is 0 Å². The molecule has 0 saturated heterocycles. The topological polar surface area (TPSA) is 36.9 Å². The lowest BCUT2D eigenvalue weighted by molar-refractivity contribution is 0.669. The smallest absolute Gasteiger partial charge is 0.136 e. The maximum Gasteiger partial charge on any atom is 0.136 e. The van der Waals surface area contributed by atoms with Gasteiger partial charge in [-0.15, -0.1) is 0 Å². The van der Waals surface area contributed by atoms with Gasteiger partial charge in [-0.2, -0.15) is 5.26 Å². The number of benzene rings is 7. The number of fused-ring (bicyclic) bond motifs is 8. The van der Waals surface area contributed by atoms with Crippen LogP contribution in [-0.2, 0) is 0 Å². The Bertz CT molecular complexity index is 2300. The zero-order chi connectivity index (χ0) is 25.9. The highest BCUT2D eigenvalue weighted by atomic mass is 16.3. The average Bonchev–Trinajstić information content (AvgIpc) is 3.39. The van der Waals surface area contributed by atoms with Crippen molar-refractivity contribution in [1.29, 1.82) is 5.26 Å². The van der Waals surface area contributed by atoms with Gasteiger partial charge in [0.05, 0.1) is 11.6 Å². The van der Waals surface area contributed by atoms with E-state index in [1.54, 1.807) is 0 Å². The largest absolute Gasteiger partial charge is 0.456 e. The van der Waals surface area contributed by atoms with Gasteiger partial charge in [0.25, 0.3) is 0 Å². The third-order valence-corrected chi connectivity index (χ3v) is 7.86. The van der Waals surface area contributed by atoms with E-state index in [-0.39, 0.29) is 0 Å². The maximum atomic E-state index is 9.39. The van der Waals surface area contributed by atoms with Crippen LogP contribution in [0.1, 0.15) is 5.56 Å². The van der Waals surface area contributed by atoms with Crippen LogP contribution in [0.2, 0.25) is 0 Å². The first-order valence-corrected chi connectivity index (χ1v) is 13.1. The van der Waals surface area contributed by atoms with Gasteiger partial charge in [0.2, 0.25) is 0 Å². The van der Waals surface area contributed by atoms with Crippen LogP contribution >= 0.6 is 0 Å². The van der Waals surface area contributed by atoms with Crippen LogP contribution in [0.3, 0.4) is 0 Å². The monoisotopic (exact) mass is 495 g/mol. The van der Waals surface area contributed by atoms with Crippen LogP contribution < -0.4 is 0 Å². The van der Waals surface area contributed by atoms with E-state index < -0.39 is 0 Å². The summed E-state index contributed by atoms with van der Waals surface area (Å²) in [7, 11) is 0. The summed E-state index contributed by atoms with van der Waals surface area (Å²) in [5, 5.41) is 18.9. The molecule has 8 rings (SSSR count). The first kappa shape index (κ1) is 21.7. The second-order valence-corrected chi connectivity index (χ2v) is 10.0. The Labute approximate surface area is 225 Å². The minimum atomic E-state index is 0.667. The van der Waals surface area contributed by atoms with Crippen molar-refractivity contribution in [3.63, 3.8) is 0 Å². The summed E-state index contributed by atoms with van der Waals surface area (Å²) in [6.45, 7) is 0. The number of hydrogen-bond donors (Lipinski definition) is 0. The molecule has 180 valence electrons. The summed E-state index contributed by atoms with van der Waals surface area (Å²) in [4.78, 5) is 0. The van der Waals surface area contributed by atoms with E-state index in [9.17, 15) is 5.26 Å². The minimum Gasteiger partial charge on any atom is -0.456 e. The molecule has 2 heteroatoms. The number of hydrogen-bond acceptors (Lipinski definition) is 2. The molecule has 0 N–H and O–H groups in total. The van der Waals surface area contributed by atoms with E-state index in [4.69, 9.17) is 4.42 Å². The molecular weight excluding hydrogens is 474 g/mol. The SMILES string of the molecule is N#Cc1cccc(-c2ccc3cc(-c4cc5oc6ccccc6c5c5ccccc45)c4ccccc4c3c2)c1. The molecule has 0 amide bonds. The van der Waals surface area contributed by atoms with E-state index >= 15 is 0 Å². The Morgan fingerprint density at radius 3 is 1.95 bits per heavy atom. The third kappa shape index (κ3) is 3.27. The second-order valence-electron chi connectivity index (χ2n) is 10.0. The summed E-state index contributed by atoms with van der Waals surface area (Å²) in [6.07, 6.45) is 0. The molecule has 1 heterocycles. The normalized spacial score (nSPS) is 11.6. The highest BCUT2D eigenvalue weighted by Crippen LogP contribution is 2.43. The van der Waals surface area contributed by atoms with Crippen molar-refractivity contribution >= 4 is 54.3 Å². The van der Waals surface area contributed by atoms with E-state index in [0.717, 1.165) is 27.7 Å². The van der Waals surface area contributed by atoms with Gasteiger partial charge in [-0.05, 0) is 91.0 Å². The van der Waals surface area contributed by atoms with Crippen LogP contribution in [0, 0.1) is 11.3 Å². The molecule has 0 aliphatic rings. The molecule has 0 bridgehead atoms. The molecule has 0 spiro atoms. The van der Waals surface area contributed by atoms with E-state index in [0.29, 0.717) is 5.56 Å². The molecule has 0 aliphatic heterocycles. The molecule has 1 aromatic heterocycles. The summed E-state index contributed by atoms with van der Waals surface area (Å²) < 4.78 is 6.38. The highest BCUT2D eigenvalue weighted by molar-refractivity contribution is 6.24. The van der Waals surface area contributed by atoms with Gasteiger partial charge in [0, 0.05) is 10.8 Å². The fourth-order valence-corrected chi connectivity index (χ4v) is 6.08. The summed E-state index contributed by atoms with van der Waals surface area (Å²) in [5.41, 5.74) is 6.99. The Hall–Kier alpha value is -5.39. The van der Waals surface area contributed by atoms with Crippen LogP contribution in [0.4, 0.5) is 0 Å². The van der Waals surface area contributed by atoms with Gasteiger partial charge in [-0.1, -0.05) is 91.0 Å². The van der Waals surface area contributed by atoms with Crippen molar-refractivity contribution < 1.29 is 4.42 Å². The number of rotatable bonds is 2. The predicted octanol–water partition coefficient (Wildman–Crippen LogP) is 10.3. The van der Waals surface area contributed by atoms with Crippen molar-refractivity contribution in [1.82, 2.24) is 0 Å². The molecule has 0 aliphatic carbocycles. The van der Waals surface area contributed by atoms with E-state index in [1.165, 1.54) is 48.8 Å². The van der Waals surface area contributed by atoms with Crippen molar-refractivity contribution in [3.05, 3.63) is 133 Å². The molecule has 39 heavy (non-hydrogen) atoms. The Morgan fingerprint density at radius 2 is 1.13 bits per heavy atom. The minimum absolute atomic E-state index is 0.667. The quantitative estimate of drug-likeness (QED) is 0.224. The summed E-state index contributed by atoms with van der Waals surface area (Å²) >= 11 is 0. The lowest BCUT2D eigenvalue weighted by Crippen LogP contribution is -1.88. The first-order valence-electron chi connectivity index (χ1n) is 13.1. The second kappa shape index (κ2) is 8.31. The third-order valence-electron chi connectivity index (χ3n) is 7.86. The van der Waals surface area contributed by atoms with E-state index in [2.05, 4.69) is 103 Å². The Balaban J connectivity index is 1.44. The molecule has 0 atom stereocenters. The fourth-order valence-electron chi connectivity index (χ4n) is 6.08. The fraction of sp³-hybridized carbons (Fsp3) is 0. The van der Waals surface area contributed by atoms with Gasteiger partial charge in [-0.25, -0.2) is 0 Å². The summed E-state index contributed by atoms with van der Waals surface area (Å²) in [6, 6.07) is 46.7. The predicted molar refractivity (Wildman–Crippen MR) is 162 cm³/mol. The lowest BCUT2D eigenvalue weighted by Gasteiger charge is -2.15. The van der Waals surface area contributed by atoms with Crippen LogP contribution in [0.15, 0.2) is 132 Å². The van der Waals surface area contributed by atoms with Crippen LogP contribution in [0.5, 0.6) is 0 Å². The molecule has 7 aromatic carbocycles. The standard InChI is InChI=1S/C37H21NO/c38-22-23-8-7-9-24(18-23)25-16-17-26-20-33(28-11-2-1-10-27(28)32(26)19-25)34-21-36-37(30-13-4-3-12-29(30)34)31-14-5-6-15-35(31)39-36/h1-21H. The van der Waals surface area contributed by atoms with Gasteiger partial charge >= 0.3 is 0 Å². The average molecular weight is 496 g/mol. The molecule has 8 aromatic rings. The van der Waals surface area contributed by atoms with Crippen molar-refractivity contribution in [3.8, 4) is 28.3 Å². The van der Waals surface area contributed by atoms with Crippen molar-refractivity contribution in [2.24, 2.45) is 0 Å². The molecule has 0 unspecified atom stereocenters. The molecule has 0 fully saturated rings. The zero-order valence-corrected chi connectivity index (χ0v) is 21.0. The van der Waals surface area contributed by atoms with E-state index in [1.807, 2.05) is 30.3 Å². The maximum absolute atomic E-state index is 9.39. The van der Waals surface area contributed by atoms with Crippen molar-refractivity contribution in [2.45, 2.75) is 0 Å². The first-order chi connectivity index (χ1) is 19.3. The molecule has 2 nitrogen and oxygen atoms in total. The van der Waals surface area contributed by atoms with Crippen LogP contribution in [0.25, 0.3) is 76.5 Å². The number of nitrogens with zero attached hydrogens (tertiary/aromatic N) is 1. The van der Waals surface area contributed by atoms with Crippen molar-refractivity contribution in [2.75, 3.05) is 0 Å². The number of nitriles is 1. The zero-order valence-electron chi connectivity index (χ0n) is 21.0. The molecular formula is C37H21NO. The highest BCUT2D eigenvalue weighted by Gasteiger charge is 2.17.